The first-order valence-electron chi connectivity index (χ1n) is 24.3. The molecule has 0 aliphatic carbocycles. The van der Waals surface area contributed by atoms with Gasteiger partial charge in [-0.15, -0.1) is 0 Å². The Kier molecular flexibility index (Phi) is 9.53. The number of fused-ring (bicyclic) bond motifs is 9. The summed E-state index contributed by atoms with van der Waals surface area (Å²) in [5.74, 6) is 0. The average Bonchev–Trinajstić information content (AvgIpc) is 3.99. The Morgan fingerprint density at radius 1 is 0.268 bits per heavy atom. The Bertz CT molecular complexity index is 4280. The third-order valence-electron chi connectivity index (χ3n) is 14.4. The lowest BCUT2D eigenvalue weighted by molar-refractivity contribution is 0.669. The smallest absolute Gasteiger partial charge is 0.136 e. The van der Waals surface area contributed by atoms with Crippen LogP contribution in [0.15, 0.2) is 271 Å². The first kappa shape index (κ1) is 40.6. The maximum atomic E-state index is 6.34. The highest BCUT2D eigenvalue weighted by molar-refractivity contribution is 6.14. The van der Waals surface area contributed by atoms with Gasteiger partial charge in [0.15, 0.2) is 0 Å². The monoisotopic (exact) mass is 904 g/mol. The molecule has 0 saturated heterocycles. The van der Waals surface area contributed by atoms with Crippen LogP contribution < -0.4 is 4.90 Å². The summed E-state index contributed by atoms with van der Waals surface area (Å²) in [6.07, 6.45) is 0. The lowest BCUT2D eigenvalue weighted by Crippen LogP contribution is -2.10. The number of aromatic nitrogens is 1. The van der Waals surface area contributed by atoms with Crippen LogP contribution in [0.1, 0.15) is 0 Å². The maximum Gasteiger partial charge on any atom is 0.136 e. The molecule has 14 rings (SSSR count). The van der Waals surface area contributed by atoms with Gasteiger partial charge in [-0.3, -0.25) is 0 Å². The summed E-state index contributed by atoms with van der Waals surface area (Å²) in [6, 6.07) is 96.7. The molecule has 0 atom stereocenters. The molecule has 0 saturated carbocycles. The van der Waals surface area contributed by atoms with Crippen LogP contribution in [0.3, 0.4) is 0 Å². The molecule has 2 aromatic heterocycles. The van der Waals surface area contributed by atoms with Gasteiger partial charge in [0.1, 0.15) is 11.2 Å². The Morgan fingerprint density at radius 3 is 1.46 bits per heavy atom. The summed E-state index contributed by atoms with van der Waals surface area (Å²) in [5.41, 5.74) is 17.9. The minimum absolute atomic E-state index is 0.888. The van der Waals surface area contributed by atoms with Gasteiger partial charge in [-0.1, -0.05) is 182 Å². The zero-order valence-corrected chi connectivity index (χ0v) is 38.7. The molecule has 332 valence electrons. The molecule has 0 radical (unpaired) electrons. The maximum absolute atomic E-state index is 6.34. The molecule has 0 bridgehead atoms. The number of hydrogen-bond donors (Lipinski definition) is 0. The van der Waals surface area contributed by atoms with Crippen LogP contribution in [0.5, 0.6) is 0 Å². The third kappa shape index (κ3) is 6.97. The van der Waals surface area contributed by atoms with Gasteiger partial charge in [0, 0.05) is 44.3 Å². The average molecular weight is 905 g/mol. The van der Waals surface area contributed by atoms with Crippen molar-refractivity contribution in [2.24, 2.45) is 0 Å². The van der Waals surface area contributed by atoms with Gasteiger partial charge < -0.3 is 13.9 Å². The molecule has 0 aliphatic rings. The van der Waals surface area contributed by atoms with Crippen LogP contribution in [-0.4, -0.2) is 4.57 Å². The quantitative estimate of drug-likeness (QED) is 0.142. The van der Waals surface area contributed by atoms with Crippen molar-refractivity contribution in [3.8, 4) is 50.2 Å². The van der Waals surface area contributed by atoms with Crippen LogP contribution in [0.25, 0.3) is 115 Å². The molecule has 0 amide bonds. The van der Waals surface area contributed by atoms with E-state index in [2.05, 4.69) is 264 Å². The zero-order chi connectivity index (χ0) is 46.8. The second-order valence-electron chi connectivity index (χ2n) is 18.5. The molecule has 0 aliphatic heterocycles. The molecule has 0 N–H and O–H groups in total. The molecule has 12 aromatic carbocycles. The van der Waals surface area contributed by atoms with Crippen LogP contribution in [0.4, 0.5) is 17.1 Å². The largest absolute Gasteiger partial charge is 0.456 e. The van der Waals surface area contributed by atoms with E-state index in [1.165, 1.54) is 71.2 Å². The summed E-state index contributed by atoms with van der Waals surface area (Å²) in [7, 11) is 0. The molecule has 2 heterocycles. The van der Waals surface area contributed by atoms with Crippen molar-refractivity contribution in [3.05, 3.63) is 267 Å². The van der Waals surface area contributed by atoms with Gasteiger partial charge >= 0.3 is 0 Å². The minimum atomic E-state index is 0.888. The van der Waals surface area contributed by atoms with E-state index in [0.29, 0.717) is 0 Å². The Hall–Kier alpha value is -9.44. The first-order valence-corrected chi connectivity index (χ1v) is 24.3. The van der Waals surface area contributed by atoms with E-state index in [1.807, 2.05) is 12.1 Å². The fourth-order valence-electron chi connectivity index (χ4n) is 10.9. The summed E-state index contributed by atoms with van der Waals surface area (Å²) in [4.78, 5) is 2.36. The molecule has 3 heteroatoms. The minimum Gasteiger partial charge on any atom is -0.456 e. The highest BCUT2D eigenvalue weighted by Gasteiger charge is 2.17. The zero-order valence-electron chi connectivity index (χ0n) is 38.7. The number of hydrogen-bond acceptors (Lipinski definition) is 2. The van der Waals surface area contributed by atoms with E-state index in [-0.39, 0.29) is 0 Å². The van der Waals surface area contributed by atoms with Crippen molar-refractivity contribution in [2.75, 3.05) is 4.90 Å². The van der Waals surface area contributed by atoms with Gasteiger partial charge in [-0.2, -0.15) is 0 Å². The van der Waals surface area contributed by atoms with Crippen molar-refractivity contribution in [1.82, 2.24) is 4.57 Å². The third-order valence-corrected chi connectivity index (χ3v) is 14.4. The van der Waals surface area contributed by atoms with Crippen molar-refractivity contribution in [2.45, 2.75) is 0 Å². The topological polar surface area (TPSA) is 21.3 Å². The van der Waals surface area contributed by atoms with Crippen molar-refractivity contribution >= 4 is 82.4 Å². The van der Waals surface area contributed by atoms with Gasteiger partial charge in [0.2, 0.25) is 0 Å². The molecule has 71 heavy (non-hydrogen) atoms. The fraction of sp³-hybridized carbons (Fsp3) is 0. The molecule has 14 aromatic rings. The molecular weight excluding hydrogens is 861 g/mol. The van der Waals surface area contributed by atoms with E-state index in [9.17, 15) is 0 Å². The predicted octanol–water partition coefficient (Wildman–Crippen LogP) is 19.1. The van der Waals surface area contributed by atoms with E-state index < -0.39 is 0 Å². The Labute approximate surface area is 411 Å². The van der Waals surface area contributed by atoms with Crippen LogP contribution in [0, 0.1) is 0 Å². The number of nitrogens with zero attached hydrogens (tertiary/aromatic N) is 2. The van der Waals surface area contributed by atoms with Gasteiger partial charge in [-0.25, -0.2) is 0 Å². The number of benzene rings is 12. The number of anilines is 3. The van der Waals surface area contributed by atoms with E-state index >= 15 is 0 Å². The van der Waals surface area contributed by atoms with E-state index in [1.54, 1.807) is 0 Å². The standard InChI is InChI=1S/C68H44N2O/c1-2-18-57-52(13-1)43-64(59-20-4-3-19-58(57)59)48-33-38-54(39-34-48)69(55-16-12-15-50(42-55)51-35-40-63-62-23-7-10-26-67(62)71-68(63)44-51)53-36-31-46(32-37-53)45-27-29-47(30-28-45)49-14-11-17-56(41-49)70-65-24-8-5-21-60(65)61-22-6-9-25-66(61)70/h1-44H. The summed E-state index contributed by atoms with van der Waals surface area (Å²) < 4.78 is 8.72. The fourth-order valence-corrected chi connectivity index (χ4v) is 10.9. The Morgan fingerprint density at radius 2 is 0.761 bits per heavy atom. The summed E-state index contributed by atoms with van der Waals surface area (Å²) in [5, 5.41) is 9.82. The second-order valence-corrected chi connectivity index (χ2v) is 18.5. The van der Waals surface area contributed by atoms with Gasteiger partial charge in [0.25, 0.3) is 0 Å². The lowest BCUT2D eigenvalue weighted by atomic mass is 9.93. The van der Waals surface area contributed by atoms with Crippen molar-refractivity contribution in [1.29, 1.82) is 0 Å². The lowest BCUT2D eigenvalue weighted by Gasteiger charge is -2.26. The molecule has 3 nitrogen and oxygen atoms in total. The van der Waals surface area contributed by atoms with Crippen LogP contribution >= 0.6 is 0 Å². The molecule has 0 unspecified atom stereocenters. The molecule has 0 fully saturated rings. The van der Waals surface area contributed by atoms with Gasteiger partial charge in [-0.05, 0) is 151 Å². The number of rotatable bonds is 8. The highest BCUT2D eigenvalue weighted by Crippen LogP contribution is 2.42. The highest BCUT2D eigenvalue weighted by atomic mass is 16.3. The van der Waals surface area contributed by atoms with Crippen molar-refractivity contribution < 1.29 is 4.42 Å². The Balaban J connectivity index is 0.816. The SMILES string of the molecule is c1cc(-c2ccc3c(c2)oc2ccccc23)cc(N(c2ccc(-c3ccc(-c4cccc(-n5c6ccccc6c6ccccc65)c4)cc3)cc2)c2ccc(-c3cc4ccccc4c4ccccc34)cc2)c1. The number of para-hydroxylation sites is 3. The summed E-state index contributed by atoms with van der Waals surface area (Å²) in [6.45, 7) is 0. The first-order chi connectivity index (χ1) is 35.2. The van der Waals surface area contributed by atoms with E-state index in [0.717, 1.165) is 61.4 Å². The predicted molar refractivity (Wildman–Crippen MR) is 299 cm³/mol. The number of furan rings is 1. The second kappa shape index (κ2) is 16.7. The normalized spacial score (nSPS) is 11.7. The van der Waals surface area contributed by atoms with Crippen molar-refractivity contribution in [3.63, 3.8) is 0 Å². The van der Waals surface area contributed by atoms with E-state index in [4.69, 9.17) is 4.42 Å². The van der Waals surface area contributed by atoms with Crippen LogP contribution in [-0.2, 0) is 0 Å². The van der Waals surface area contributed by atoms with Gasteiger partial charge in [0.05, 0.1) is 11.0 Å². The molecule has 0 spiro atoms. The molecular formula is C68H44N2O. The van der Waals surface area contributed by atoms with Crippen LogP contribution in [0.2, 0.25) is 0 Å². The summed E-state index contributed by atoms with van der Waals surface area (Å²) >= 11 is 0.